The summed E-state index contributed by atoms with van der Waals surface area (Å²) in [6, 6.07) is 2.41. The van der Waals surface area contributed by atoms with Crippen LogP contribution in [0, 0.1) is 35.3 Å². The van der Waals surface area contributed by atoms with E-state index in [1.807, 2.05) is 0 Å². The number of hydrogen-bond donors (Lipinski definition) is 0. The lowest BCUT2D eigenvalue weighted by atomic mass is 9.68. The highest BCUT2D eigenvalue weighted by atomic mass is 19.2. The van der Waals surface area contributed by atoms with Crippen molar-refractivity contribution in [2.24, 2.45) is 23.7 Å². The van der Waals surface area contributed by atoms with Gasteiger partial charge in [-0.2, -0.15) is 8.78 Å². The maximum Gasteiger partial charge on any atom is 0.204 e. The van der Waals surface area contributed by atoms with Crippen LogP contribution in [0.1, 0.15) is 78.1 Å². The van der Waals surface area contributed by atoms with E-state index in [1.165, 1.54) is 50.7 Å². The molecular weight excluding hydrogens is 420 g/mol. The molecule has 3 rings (SSSR count). The van der Waals surface area contributed by atoms with Crippen molar-refractivity contribution in [3.63, 3.8) is 0 Å². The second-order valence-corrected chi connectivity index (χ2v) is 9.64. The first-order valence-corrected chi connectivity index (χ1v) is 12.5. The number of rotatable bonds is 10. The summed E-state index contributed by atoms with van der Waals surface area (Å²) in [4.78, 5) is 0. The number of hydrogen-bond acceptors (Lipinski definition) is 2. The molecule has 2 aliphatic rings. The van der Waals surface area contributed by atoms with Gasteiger partial charge in [-0.05, 0) is 81.3 Å². The Bertz CT molecular complexity index is 697. The minimum atomic E-state index is -1.87. The highest BCUT2D eigenvalue weighted by Crippen LogP contribution is 2.43. The molecular formula is C26H38F4O2. The van der Waals surface area contributed by atoms with Crippen LogP contribution in [0.25, 0.3) is 0 Å². The van der Waals surface area contributed by atoms with Crippen LogP contribution in [0.4, 0.5) is 17.6 Å². The van der Waals surface area contributed by atoms with Gasteiger partial charge in [-0.15, -0.1) is 0 Å². The zero-order chi connectivity index (χ0) is 23.1. The Hall–Kier alpha value is -1.46. The molecule has 2 atom stereocenters. The maximum absolute atomic E-state index is 14.8. The lowest BCUT2D eigenvalue weighted by Crippen LogP contribution is -2.35. The van der Waals surface area contributed by atoms with Gasteiger partial charge in [0.25, 0.3) is 0 Å². The lowest BCUT2D eigenvalue weighted by Gasteiger charge is -2.38. The average molecular weight is 459 g/mol. The predicted molar refractivity (Wildman–Crippen MR) is 119 cm³/mol. The van der Waals surface area contributed by atoms with Gasteiger partial charge in [-0.3, -0.25) is 0 Å². The summed E-state index contributed by atoms with van der Waals surface area (Å²) in [5.41, 5.74) is 0. The summed E-state index contributed by atoms with van der Waals surface area (Å²) in [5, 5.41) is 0. The van der Waals surface area contributed by atoms with Crippen LogP contribution < -0.4 is 9.47 Å². The van der Waals surface area contributed by atoms with Crippen molar-refractivity contribution in [2.75, 3.05) is 13.2 Å². The Morgan fingerprint density at radius 3 is 1.88 bits per heavy atom. The Balaban J connectivity index is 1.43. The Labute approximate surface area is 190 Å². The van der Waals surface area contributed by atoms with E-state index in [9.17, 15) is 17.6 Å². The van der Waals surface area contributed by atoms with Crippen molar-refractivity contribution in [2.45, 2.75) is 90.4 Å². The molecule has 182 valence electrons. The van der Waals surface area contributed by atoms with Crippen molar-refractivity contribution in [1.29, 1.82) is 0 Å². The van der Waals surface area contributed by atoms with E-state index in [0.717, 1.165) is 24.7 Å². The van der Waals surface area contributed by atoms with Gasteiger partial charge < -0.3 is 9.47 Å². The fourth-order valence-corrected chi connectivity index (χ4v) is 5.74. The molecule has 2 unspecified atom stereocenters. The van der Waals surface area contributed by atoms with Crippen molar-refractivity contribution in [3.05, 3.63) is 23.8 Å². The quantitative estimate of drug-likeness (QED) is 0.333. The van der Waals surface area contributed by atoms with Gasteiger partial charge in [-0.25, -0.2) is 8.78 Å². The molecule has 1 aromatic rings. The van der Waals surface area contributed by atoms with Gasteiger partial charge in [0.05, 0.1) is 6.61 Å². The fraction of sp³-hybridized carbons (Fsp3) is 0.769. The summed E-state index contributed by atoms with van der Waals surface area (Å²) >= 11 is 0. The highest BCUT2D eigenvalue weighted by molar-refractivity contribution is 5.35. The minimum absolute atomic E-state index is 0.190. The van der Waals surface area contributed by atoms with Crippen LogP contribution >= 0.6 is 0 Å². The molecule has 2 nitrogen and oxygen atoms in total. The first kappa shape index (κ1) is 25.2. The van der Waals surface area contributed by atoms with Gasteiger partial charge >= 0.3 is 0 Å². The van der Waals surface area contributed by atoms with Crippen LogP contribution in [0.2, 0.25) is 0 Å². The number of halogens is 4. The van der Waals surface area contributed by atoms with E-state index in [0.29, 0.717) is 18.8 Å². The zero-order valence-electron chi connectivity index (χ0n) is 19.4. The van der Waals surface area contributed by atoms with E-state index in [2.05, 4.69) is 6.92 Å². The topological polar surface area (TPSA) is 18.5 Å². The van der Waals surface area contributed by atoms with Crippen molar-refractivity contribution >= 4 is 0 Å². The third-order valence-corrected chi connectivity index (χ3v) is 7.58. The number of benzene rings is 1. The summed E-state index contributed by atoms with van der Waals surface area (Å²) in [6.45, 7) is 3.46. The second-order valence-electron chi connectivity index (χ2n) is 9.64. The van der Waals surface area contributed by atoms with Gasteiger partial charge in [0.1, 0.15) is 12.8 Å². The summed E-state index contributed by atoms with van der Waals surface area (Å²) in [5.74, 6) is -1.16. The first-order chi connectivity index (χ1) is 15.4. The minimum Gasteiger partial charge on any atom is -0.491 e. The molecule has 0 radical (unpaired) electrons. The number of alkyl halides is 2. The zero-order valence-corrected chi connectivity index (χ0v) is 19.4. The van der Waals surface area contributed by atoms with Crippen molar-refractivity contribution in [3.8, 4) is 11.5 Å². The van der Waals surface area contributed by atoms with Crippen LogP contribution in [-0.2, 0) is 0 Å². The third-order valence-electron chi connectivity index (χ3n) is 7.58. The summed E-state index contributed by atoms with van der Waals surface area (Å²) in [6.07, 6.45) is 7.56. The van der Waals surface area contributed by atoms with E-state index >= 15 is 0 Å². The van der Waals surface area contributed by atoms with Crippen molar-refractivity contribution in [1.82, 2.24) is 0 Å². The van der Waals surface area contributed by atoms with E-state index in [1.54, 1.807) is 6.92 Å². The average Bonchev–Trinajstić information content (AvgIpc) is 2.82. The van der Waals surface area contributed by atoms with E-state index < -0.39 is 36.3 Å². The molecule has 0 heterocycles. The monoisotopic (exact) mass is 458 g/mol. The Morgan fingerprint density at radius 2 is 1.34 bits per heavy atom. The fourth-order valence-electron chi connectivity index (χ4n) is 5.74. The molecule has 0 aromatic heterocycles. The largest absolute Gasteiger partial charge is 0.491 e. The van der Waals surface area contributed by atoms with E-state index in [4.69, 9.17) is 9.47 Å². The SMILES string of the molecule is CCCC1CCC(C2CCC(C(F)C(F)COc3ccc(OCC)c(F)c3F)CC2)CC1. The van der Waals surface area contributed by atoms with Gasteiger partial charge in [-0.1, -0.05) is 32.6 Å². The molecule has 0 spiro atoms. The normalized spacial score (nSPS) is 28.2. The molecule has 6 heteroatoms. The molecule has 2 saturated carbocycles. The summed E-state index contributed by atoms with van der Waals surface area (Å²) < 4.78 is 67.4. The molecule has 2 aliphatic carbocycles. The van der Waals surface area contributed by atoms with E-state index in [-0.39, 0.29) is 18.3 Å². The molecule has 2 fully saturated rings. The lowest BCUT2D eigenvalue weighted by molar-refractivity contribution is 0.0390. The standard InChI is InChI=1S/C26H38F4O2/c1-3-5-17-6-8-18(9-7-17)19-10-12-20(13-11-19)24(28)21(27)16-32-23-15-14-22(31-4-2)25(29)26(23)30/h14-15,17-21,24H,3-13,16H2,1-2H3. The van der Waals surface area contributed by atoms with Crippen LogP contribution in [0.15, 0.2) is 12.1 Å². The molecule has 0 bridgehead atoms. The van der Waals surface area contributed by atoms with Gasteiger partial charge in [0.2, 0.25) is 11.6 Å². The van der Waals surface area contributed by atoms with Crippen LogP contribution in [-0.4, -0.2) is 25.6 Å². The molecule has 0 aliphatic heterocycles. The van der Waals surface area contributed by atoms with Gasteiger partial charge in [0.15, 0.2) is 17.7 Å². The molecule has 32 heavy (non-hydrogen) atoms. The predicted octanol–water partition coefficient (Wildman–Crippen LogP) is 7.83. The Morgan fingerprint density at radius 1 is 0.812 bits per heavy atom. The highest BCUT2D eigenvalue weighted by Gasteiger charge is 2.36. The molecule has 0 N–H and O–H groups in total. The second kappa shape index (κ2) is 12.1. The van der Waals surface area contributed by atoms with Crippen molar-refractivity contribution < 1.29 is 27.0 Å². The van der Waals surface area contributed by atoms with Crippen LogP contribution in [0.5, 0.6) is 11.5 Å². The van der Waals surface area contributed by atoms with Gasteiger partial charge in [0, 0.05) is 0 Å². The molecule has 0 saturated heterocycles. The molecule has 0 amide bonds. The maximum atomic E-state index is 14.8. The molecule has 1 aromatic carbocycles. The summed E-state index contributed by atoms with van der Waals surface area (Å²) in [7, 11) is 0. The van der Waals surface area contributed by atoms with Crippen LogP contribution in [0.3, 0.4) is 0 Å². The number of ether oxygens (including phenoxy) is 2. The smallest absolute Gasteiger partial charge is 0.204 e. The Kier molecular flexibility index (Phi) is 9.54. The first-order valence-electron chi connectivity index (χ1n) is 12.5. The third kappa shape index (κ3) is 6.32.